The van der Waals surface area contributed by atoms with Gasteiger partial charge in [-0.25, -0.2) is 4.79 Å². The summed E-state index contributed by atoms with van der Waals surface area (Å²) in [6.45, 7) is 3.66. The molecule has 0 aliphatic heterocycles. The van der Waals surface area contributed by atoms with E-state index in [4.69, 9.17) is 9.47 Å². The lowest BCUT2D eigenvalue weighted by atomic mass is 9.91. The number of carbonyl (C=O) groups is 1. The standard InChI is InChI=1S/C23H23F3O3/c1-4-19-16(2)21(19,17-11-7-5-8-12-17)15-29-20(27)22(28-3,23(24,25)26)18-13-9-6-10-14-18/h4-14,16H,15H2,1-3H3/b19-4-/t16-,21+,22+/m0/s1. The van der Waals surface area contributed by atoms with Gasteiger partial charge in [0.05, 0.1) is 5.41 Å². The number of allylic oxidation sites excluding steroid dienone is 1. The van der Waals surface area contributed by atoms with Crippen LogP contribution in [0.15, 0.2) is 72.3 Å². The van der Waals surface area contributed by atoms with E-state index in [1.54, 1.807) is 6.07 Å². The lowest BCUT2D eigenvalue weighted by molar-refractivity contribution is -0.276. The van der Waals surface area contributed by atoms with Gasteiger partial charge in [-0.1, -0.05) is 79.2 Å². The van der Waals surface area contributed by atoms with E-state index in [9.17, 15) is 18.0 Å². The van der Waals surface area contributed by atoms with Crippen molar-refractivity contribution >= 4 is 5.97 Å². The number of methoxy groups -OCH3 is 1. The lowest BCUT2D eigenvalue weighted by Crippen LogP contribution is -2.52. The minimum atomic E-state index is -4.99. The van der Waals surface area contributed by atoms with Crippen LogP contribution in [0.1, 0.15) is 25.0 Å². The fraction of sp³-hybridized carbons (Fsp3) is 0.348. The third kappa shape index (κ3) is 3.25. The van der Waals surface area contributed by atoms with E-state index in [1.165, 1.54) is 24.3 Å². The summed E-state index contributed by atoms with van der Waals surface area (Å²) < 4.78 is 52.3. The number of esters is 1. The number of alkyl halides is 3. The second-order valence-corrected chi connectivity index (χ2v) is 7.13. The van der Waals surface area contributed by atoms with Crippen LogP contribution in [0.5, 0.6) is 0 Å². The molecule has 0 unspecified atom stereocenters. The SMILES string of the molecule is C/C=C1/[C@H](C)[C@]1(COC(=O)[C@](OC)(c1ccccc1)C(F)(F)F)c1ccccc1. The van der Waals surface area contributed by atoms with Gasteiger partial charge in [-0.15, -0.1) is 0 Å². The van der Waals surface area contributed by atoms with Crippen molar-refractivity contribution in [3.63, 3.8) is 0 Å². The zero-order valence-electron chi connectivity index (χ0n) is 16.5. The summed E-state index contributed by atoms with van der Waals surface area (Å²) in [5.74, 6) is -1.41. The first kappa shape index (κ1) is 21.1. The first-order valence-corrected chi connectivity index (χ1v) is 9.32. The van der Waals surface area contributed by atoms with E-state index in [0.717, 1.165) is 18.2 Å². The average Bonchev–Trinajstić information content (AvgIpc) is 3.31. The summed E-state index contributed by atoms with van der Waals surface area (Å²) in [5, 5.41) is 0. The van der Waals surface area contributed by atoms with Gasteiger partial charge in [-0.3, -0.25) is 0 Å². The van der Waals surface area contributed by atoms with E-state index in [2.05, 4.69) is 0 Å². The van der Waals surface area contributed by atoms with Gasteiger partial charge < -0.3 is 9.47 Å². The second kappa shape index (κ2) is 7.67. The van der Waals surface area contributed by atoms with Crippen molar-refractivity contribution in [3.05, 3.63) is 83.4 Å². The van der Waals surface area contributed by atoms with E-state index in [0.29, 0.717) is 0 Å². The fourth-order valence-corrected chi connectivity index (χ4v) is 4.19. The summed E-state index contributed by atoms with van der Waals surface area (Å²) in [6.07, 6.45) is -3.06. The van der Waals surface area contributed by atoms with Crippen LogP contribution in [0, 0.1) is 5.92 Å². The molecule has 154 valence electrons. The number of rotatable bonds is 6. The molecule has 1 saturated carbocycles. The number of hydrogen-bond acceptors (Lipinski definition) is 3. The first-order chi connectivity index (χ1) is 13.8. The molecular weight excluding hydrogens is 381 g/mol. The molecule has 0 N–H and O–H groups in total. The molecule has 0 spiro atoms. The van der Waals surface area contributed by atoms with Crippen molar-refractivity contribution in [2.45, 2.75) is 31.0 Å². The summed E-state index contributed by atoms with van der Waals surface area (Å²) in [4.78, 5) is 12.9. The highest BCUT2D eigenvalue weighted by Crippen LogP contribution is 2.59. The lowest BCUT2D eigenvalue weighted by Gasteiger charge is -2.33. The highest BCUT2D eigenvalue weighted by molar-refractivity contribution is 5.83. The Morgan fingerprint density at radius 1 is 1.07 bits per heavy atom. The van der Waals surface area contributed by atoms with Crippen molar-refractivity contribution in [2.75, 3.05) is 13.7 Å². The smallest absolute Gasteiger partial charge is 0.432 e. The van der Waals surface area contributed by atoms with Gasteiger partial charge in [0.1, 0.15) is 6.61 Å². The van der Waals surface area contributed by atoms with E-state index >= 15 is 0 Å². The number of benzene rings is 2. The molecule has 0 radical (unpaired) electrons. The van der Waals surface area contributed by atoms with Crippen LogP contribution in [-0.4, -0.2) is 25.9 Å². The van der Waals surface area contributed by atoms with E-state index < -0.39 is 23.2 Å². The van der Waals surface area contributed by atoms with E-state index in [1.807, 2.05) is 50.3 Å². The highest BCUT2D eigenvalue weighted by atomic mass is 19.4. The van der Waals surface area contributed by atoms with Gasteiger partial charge in [0.2, 0.25) is 0 Å². The zero-order chi connectivity index (χ0) is 21.3. The molecule has 2 aromatic carbocycles. The number of hydrogen-bond donors (Lipinski definition) is 0. The Hall–Kier alpha value is -2.60. The second-order valence-electron chi connectivity index (χ2n) is 7.13. The molecule has 6 heteroatoms. The summed E-state index contributed by atoms with van der Waals surface area (Å²) in [6, 6.07) is 16.2. The summed E-state index contributed by atoms with van der Waals surface area (Å²) in [7, 11) is 0.867. The molecule has 1 aliphatic rings. The molecule has 0 aromatic heterocycles. The molecule has 29 heavy (non-hydrogen) atoms. The zero-order valence-corrected chi connectivity index (χ0v) is 16.5. The van der Waals surface area contributed by atoms with Crippen molar-refractivity contribution < 1.29 is 27.4 Å². The molecule has 0 amide bonds. The minimum Gasteiger partial charge on any atom is -0.462 e. The maximum Gasteiger partial charge on any atom is 0.432 e. The molecule has 1 fully saturated rings. The molecule has 3 nitrogen and oxygen atoms in total. The highest BCUT2D eigenvalue weighted by Gasteiger charge is 2.65. The first-order valence-electron chi connectivity index (χ1n) is 9.32. The van der Waals surface area contributed by atoms with Crippen LogP contribution in [-0.2, 0) is 25.3 Å². The molecule has 1 aliphatic carbocycles. The summed E-state index contributed by atoms with van der Waals surface area (Å²) in [5.41, 5.74) is -2.17. The molecule has 2 aromatic rings. The molecule has 0 bridgehead atoms. The topological polar surface area (TPSA) is 35.5 Å². The molecule has 0 heterocycles. The maximum atomic E-state index is 14.1. The van der Waals surface area contributed by atoms with Gasteiger partial charge in [0.15, 0.2) is 0 Å². The fourth-order valence-electron chi connectivity index (χ4n) is 4.19. The van der Waals surface area contributed by atoms with Crippen LogP contribution in [0.3, 0.4) is 0 Å². The third-order valence-electron chi connectivity index (χ3n) is 5.84. The van der Waals surface area contributed by atoms with Crippen molar-refractivity contribution in [3.8, 4) is 0 Å². The third-order valence-corrected chi connectivity index (χ3v) is 5.84. The predicted octanol–water partition coefficient (Wildman–Crippen LogP) is 5.17. The maximum absolute atomic E-state index is 14.1. The van der Waals surface area contributed by atoms with Gasteiger partial charge >= 0.3 is 12.1 Å². The number of halogens is 3. The molecule has 3 atom stereocenters. The Morgan fingerprint density at radius 2 is 1.62 bits per heavy atom. The molecule has 3 rings (SSSR count). The van der Waals surface area contributed by atoms with Crippen LogP contribution in [0.25, 0.3) is 0 Å². The van der Waals surface area contributed by atoms with Gasteiger partial charge in [0.25, 0.3) is 5.60 Å². The largest absolute Gasteiger partial charge is 0.462 e. The normalized spacial score (nSPS) is 24.8. The van der Waals surface area contributed by atoms with Crippen LogP contribution in [0.2, 0.25) is 0 Å². The molecular formula is C23H23F3O3. The van der Waals surface area contributed by atoms with Gasteiger partial charge in [-0.05, 0) is 18.4 Å². The van der Waals surface area contributed by atoms with Crippen molar-refractivity contribution in [1.82, 2.24) is 0 Å². The van der Waals surface area contributed by atoms with Crippen LogP contribution in [0.4, 0.5) is 13.2 Å². The minimum absolute atomic E-state index is 0.0576. The summed E-state index contributed by atoms with van der Waals surface area (Å²) >= 11 is 0. The van der Waals surface area contributed by atoms with E-state index in [-0.39, 0.29) is 18.1 Å². The van der Waals surface area contributed by atoms with Crippen molar-refractivity contribution in [2.24, 2.45) is 5.92 Å². The van der Waals surface area contributed by atoms with Gasteiger partial charge in [0, 0.05) is 12.7 Å². The Kier molecular flexibility index (Phi) is 5.59. The Balaban J connectivity index is 1.95. The molecule has 0 saturated heterocycles. The number of ether oxygens (including phenoxy) is 2. The van der Waals surface area contributed by atoms with Crippen LogP contribution >= 0.6 is 0 Å². The van der Waals surface area contributed by atoms with Gasteiger partial charge in [-0.2, -0.15) is 13.2 Å². The predicted molar refractivity (Wildman–Crippen MR) is 103 cm³/mol. The number of carbonyl (C=O) groups excluding carboxylic acids is 1. The Bertz CT molecular complexity index is 893. The van der Waals surface area contributed by atoms with Crippen molar-refractivity contribution in [1.29, 1.82) is 0 Å². The monoisotopic (exact) mass is 404 g/mol. The quantitative estimate of drug-likeness (QED) is 0.492. The Morgan fingerprint density at radius 3 is 2.07 bits per heavy atom. The van der Waals surface area contributed by atoms with Crippen LogP contribution < -0.4 is 0 Å². The average molecular weight is 404 g/mol. The Labute approximate surface area is 168 Å².